The lowest BCUT2D eigenvalue weighted by atomic mass is 9.63. The molecule has 0 saturated heterocycles. The van der Waals surface area contributed by atoms with Gasteiger partial charge in [0.15, 0.2) is 0 Å². The molecule has 9 aromatic rings. The molecule has 0 spiro atoms. The second-order valence-electron chi connectivity index (χ2n) is 12.9. The third kappa shape index (κ3) is 4.07. The smallest absolute Gasteiger partial charge is 0.132 e. The zero-order chi connectivity index (χ0) is 32.4. The number of nitrogens with zero attached hydrogens (tertiary/aromatic N) is 1. The van der Waals surface area contributed by atoms with E-state index in [1.807, 2.05) is 0 Å². The van der Waals surface area contributed by atoms with Crippen molar-refractivity contribution < 1.29 is 4.74 Å². The zero-order valence-electron chi connectivity index (χ0n) is 26.8. The molecule has 2 heterocycles. The fourth-order valence-corrected chi connectivity index (χ4v) is 8.19. The summed E-state index contributed by atoms with van der Waals surface area (Å²) in [5.41, 5.74) is 10.1. The molecule has 0 fully saturated rings. The molecule has 1 aromatic heterocycles. The van der Waals surface area contributed by atoms with Crippen LogP contribution < -0.4 is 4.74 Å². The van der Waals surface area contributed by atoms with Crippen LogP contribution in [0.1, 0.15) is 22.3 Å². The Morgan fingerprint density at radius 1 is 0.408 bits per heavy atom. The van der Waals surface area contributed by atoms with E-state index in [-0.39, 0.29) is 0 Å². The molecule has 2 heteroatoms. The number of aromatic nitrogens is 1. The third-order valence-electron chi connectivity index (χ3n) is 10.3. The maximum atomic E-state index is 6.68. The molecule has 8 aromatic carbocycles. The Kier molecular flexibility index (Phi) is 6.13. The van der Waals surface area contributed by atoms with Crippen LogP contribution in [0.5, 0.6) is 11.5 Å². The Balaban J connectivity index is 1.25. The van der Waals surface area contributed by atoms with Gasteiger partial charge in [-0.05, 0) is 70.1 Å². The summed E-state index contributed by atoms with van der Waals surface area (Å²) in [7, 11) is 0. The van der Waals surface area contributed by atoms with Gasteiger partial charge >= 0.3 is 0 Å². The largest absolute Gasteiger partial charge is 0.457 e. The lowest BCUT2D eigenvalue weighted by molar-refractivity contribution is 0.434. The number of benzene rings is 8. The van der Waals surface area contributed by atoms with Gasteiger partial charge in [-0.25, -0.2) is 0 Å². The summed E-state index contributed by atoms with van der Waals surface area (Å²) < 4.78 is 9.11. The average molecular weight is 626 g/mol. The highest BCUT2D eigenvalue weighted by atomic mass is 16.5. The molecule has 10 rings (SSSR count). The Hall–Kier alpha value is -6.38. The van der Waals surface area contributed by atoms with Crippen LogP contribution in [0.15, 0.2) is 188 Å². The van der Waals surface area contributed by atoms with Gasteiger partial charge in [-0.15, -0.1) is 0 Å². The van der Waals surface area contributed by atoms with Crippen molar-refractivity contribution >= 4 is 32.6 Å². The third-order valence-corrected chi connectivity index (χ3v) is 10.3. The highest BCUT2D eigenvalue weighted by molar-refractivity contribution is 6.19. The molecule has 230 valence electrons. The first kappa shape index (κ1) is 27.7. The minimum Gasteiger partial charge on any atom is -0.457 e. The van der Waals surface area contributed by atoms with Crippen LogP contribution in [0.4, 0.5) is 0 Å². The van der Waals surface area contributed by atoms with Crippen molar-refractivity contribution in [3.05, 3.63) is 210 Å². The summed E-state index contributed by atoms with van der Waals surface area (Å²) in [6, 6.07) is 67.8. The van der Waals surface area contributed by atoms with Gasteiger partial charge in [0.05, 0.1) is 16.4 Å². The summed E-state index contributed by atoms with van der Waals surface area (Å²) in [6.07, 6.45) is 0. The number of ether oxygens (including phenoxy) is 1. The first-order chi connectivity index (χ1) is 24.3. The van der Waals surface area contributed by atoms with E-state index in [1.54, 1.807) is 0 Å². The SMILES string of the molecule is c1ccc(-n2c3ccc(-c4ccc5c(c4)C(c4ccccc4)(c4ccccc4)c4ccccc4O5)cc3c3ccc4ccccc4c32)cc1. The number of hydrogen-bond acceptors (Lipinski definition) is 1. The van der Waals surface area contributed by atoms with Crippen molar-refractivity contribution in [1.82, 2.24) is 4.57 Å². The Bertz CT molecular complexity index is 2630. The summed E-state index contributed by atoms with van der Waals surface area (Å²) in [6.45, 7) is 0. The standard InChI is InChI=1S/C47H31NO/c1-4-15-35(16-5-1)47(36-17-6-2-7-18-36)41-22-12-13-23-44(41)49-45-29-26-34(31-42(45)47)33-25-28-43-40(30-33)39-27-24-32-14-10-11-21-38(32)46(39)48(43)37-19-8-3-9-20-37/h1-31H. The second kappa shape index (κ2) is 10.8. The van der Waals surface area contributed by atoms with E-state index in [0.29, 0.717) is 0 Å². The van der Waals surface area contributed by atoms with Crippen LogP contribution in [-0.2, 0) is 5.41 Å². The van der Waals surface area contributed by atoms with E-state index >= 15 is 0 Å². The van der Waals surface area contributed by atoms with Crippen LogP contribution in [0, 0.1) is 0 Å². The maximum Gasteiger partial charge on any atom is 0.132 e. The predicted octanol–water partition coefficient (Wildman–Crippen LogP) is 12.1. The molecule has 0 unspecified atom stereocenters. The number of para-hydroxylation sites is 2. The monoisotopic (exact) mass is 625 g/mol. The summed E-state index contributed by atoms with van der Waals surface area (Å²) in [5.74, 6) is 1.77. The number of fused-ring (bicyclic) bond motifs is 7. The minimum atomic E-state index is -0.560. The number of rotatable bonds is 4. The van der Waals surface area contributed by atoms with Gasteiger partial charge in [0, 0.05) is 33.0 Å². The average Bonchev–Trinajstić information content (AvgIpc) is 3.52. The second-order valence-corrected chi connectivity index (χ2v) is 12.9. The van der Waals surface area contributed by atoms with Crippen LogP contribution in [-0.4, -0.2) is 4.57 Å². The first-order valence-electron chi connectivity index (χ1n) is 16.9. The fourth-order valence-electron chi connectivity index (χ4n) is 8.19. The van der Waals surface area contributed by atoms with Gasteiger partial charge in [-0.1, -0.05) is 146 Å². The van der Waals surface area contributed by atoms with E-state index < -0.39 is 5.41 Å². The summed E-state index contributed by atoms with van der Waals surface area (Å²) in [4.78, 5) is 0. The normalized spacial score (nSPS) is 13.2. The van der Waals surface area contributed by atoms with Crippen LogP contribution in [0.25, 0.3) is 49.4 Å². The van der Waals surface area contributed by atoms with Crippen molar-refractivity contribution in [2.45, 2.75) is 5.41 Å². The maximum absolute atomic E-state index is 6.68. The highest BCUT2D eigenvalue weighted by Crippen LogP contribution is 2.56. The number of hydrogen-bond donors (Lipinski definition) is 0. The quantitative estimate of drug-likeness (QED) is 0.190. The van der Waals surface area contributed by atoms with Crippen LogP contribution in [0.3, 0.4) is 0 Å². The summed E-state index contributed by atoms with van der Waals surface area (Å²) in [5, 5.41) is 4.97. The lowest BCUT2D eigenvalue weighted by Gasteiger charge is -2.41. The van der Waals surface area contributed by atoms with Crippen molar-refractivity contribution in [2.75, 3.05) is 0 Å². The highest BCUT2D eigenvalue weighted by Gasteiger charge is 2.45. The van der Waals surface area contributed by atoms with Crippen molar-refractivity contribution in [2.24, 2.45) is 0 Å². The van der Waals surface area contributed by atoms with Crippen LogP contribution in [0.2, 0.25) is 0 Å². The zero-order valence-corrected chi connectivity index (χ0v) is 26.8. The molecule has 49 heavy (non-hydrogen) atoms. The molecule has 1 aliphatic heterocycles. The molecular weight excluding hydrogens is 595 g/mol. The molecule has 0 amide bonds. The van der Waals surface area contributed by atoms with E-state index in [0.717, 1.165) is 33.9 Å². The van der Waals surface area contributed by atoms with Gasteiger partial charge in [-0.2, -0.15) is 0 Å². The molecule has 0 aliphatic carbocycles. The molecule has 0 bridgehead atoms. The van der Waals surface area contributed by atoms with Gasteiger partial charge in [0.1, 0.15) is 11.5 Å². The van der Waals surface area contributed by atoms with Crippen molar-refractivity contribution in [3.8, 4) is 28.3 Å². The molecule has 0 saturated carbocycles. The van der Waals surface area contributed by atoms with Gasteiger partial charge in [0.25, 0.3) is 0 Å². The Morgan fingerprint density at radius 3 is 1.80 bits per heavy atom. The van der Waals surface area contributed by atoms with E-state index in [2.05, 4.69) is 193 Å². The minimum absolute atomic E-state index is 0.560. The van der Waals surface area contributed by atoms with Gasteiger partial charge < -0.3 is 9.30 Å². The summed E-state index contributed by atoms with van der Waals surface area (Å²) >= 11 is 0. The van der Waals surface area contributed by atoms with E-state index in [4.69, 9.17) is 4.74 Å². The molecular formula is C47H31NO. The van der Waals surface area contributed by atoms with E-state index in [1.165, 1.54) is 49.3 Å². The molecule has 0 radical (unpaired) electrons. The van der Waals surface area contributed by atoms with Crippen molar-refractivity contribution in [3.63, 3.8) is 0 Å². The fraction of sp³-hybridized carbons (Fsp3) is 0.0213. The predicted molar refractivity (Wildman–Crippen MR) is 202 cm³/mol. The topological polar surface area (TPSA) is 14.2 Å². The first-order valence-corrected chi connectivity index (χ1v) is 16.9. The molecule has 2 nitrogen and oxygen atoms in total. The van der Waals surface area contributed by atoms with E-state index in [9.17, 15) is 0 Å². The lowest BCUT2D eigenvalue weighted by Crippen LogP contribution is -2.34. The van der Waals surface area contributed by atoms with Gasteiger partial charge in [-0.3, -0.25) is 0 Å². The van der Waals surface area contributed by atoms with Crippen LogP contribution >= 0.6 is 0 Å². The molecule has 1 aliphatic rings. The molecule has 0 atom stereocenters. The Labute approximate surface area is 285 Å². The Morgan fingerprint density at radius 2 is 1.02 bits per heavy atom. The van der Waals surface area contributed by atoms with Gasteiger partial charge in [0.2, 0.25) is 0 Å². The molecule has 0 N–H and O–H groups in total. The van der Waals surface area contributed by atoms with Crippen molar-refractivity contribution in [1.29, 1.82) is 0 Å².